The first kappa shape index (κ1) is 24.8. The molecule has 0 radical (unpaired) electrons. The van der Waals surface area contributed by atoms with Crippen LogP contribution >= 0.6 is 0 Å². The largest absolute Gasteiger partial charge is 0.301 e. The van der Waals surface area contributed by atoms with Crippen molar-refractivity contribution in [1.29, 1.82) is 0 Å². The van der Waals surface area contributed by atoms with Crippen molar-refractivity contribution in [3.8, 4) is 0 Å². The van der Waals surface area contributed by atoms with E-state index in [9.17, 15) is 40.5 Å². The van der Waals surface area contributed by atoms with Gasteiger partial charge in [-0.1, -0.05) is 30.3 Å². The molecule has 0 atom stereocenters. The topological polar surface area (TPSA) is 221 Å². The van der Waals surface area contributed by atoms with E-state index in [0.29, 0.717) is 5.56 Å². The highest BCUT2D eigenvalue weighted by molar-refractivity contribution is 6.38. The number of non-ortho nitro benzene ring substituents is 2. The summed E-state index contributed by atoms with van der Waals surface area (Å²) in [6.45, 7) is 0. The lowest BCUT2D eigenvalue weighted by Crippen LogP contribution is -2.08. The van der Waals surface area contributed by atoms with Crippen molar-refractivity contribution in [2.75, 3.05) is 10.9 Å². The fraction of sp³-hybridized carbons (Fsp3) is 0. The number of nitrogens with one attached hydrogen (secondary N) is 2. The Hall–Kier alpha value is -5.80. The normalized spacial score (nSPS) is 11.2. The van der Waals surface area contributed by atoms with Crippen LogP contribution in [0.3, 0.4) is 0 Å². The zero-order valence-electron chi connectivity index (χ0n) is 17.9. The number of hydrazone groups is 2. The number of anilines is 2. The Kier molecular flexibility index (Phi) is 7.51. The molecular formula is C20H14N8O8. The minimum atomic E-state index is -0.813. The molecule has 0 heterocycles. The van der Waals surface area contributed by atoms with Crippen LogP contribution in [0.25, 0.3) is 0 Å². The highest BCUT2D eigenvalue weighted by Crippen LogP contribution is 2.30. The number of hydrogen-bond donors (Lipinski definition) is 2. The standard InChI is InChI=1S/C20H14N8O8/c29-25(30)14-6-8-16(19(10-14)27(33)34)22-21-12-18(13-4-2-1-3-5-13)24-23-17-9-7-15(26(31)32)11-20(17)28(35)36/h1-12,22-23H/b21-12+,24-18+. The molecule has 0 unspecified atom stereocenters. The molecule has 16 nitrogen and oxygen atoms in total. The fourth-order valence-electron chi connectivity index (χ4n) is 2.82. The molecule has 0 bridgehead atoms. The first-order valence-corrected chi connectivity index (χ1v) is 9.71. The molecule has 0 saturated heterocycles. The Balaban J connectivity index is 1.93. The lowest BCUT2D eigenvalue weighted by atomic mass is 10.1. The second-order valence-corrected chi connectivity index (χ2v) is 6.78. The number of nitro groups is 4. The van der Waals surface area contributed by atoms with Gasteiger partial charge in [0.25, 0.3) is 11.4 Å². The Bertz CT molecular complexity index is 1410. The van der Waals surface area contributed by atoms with Crippen molar-refractivity contribution >= 4 is 46.1 Å². The van der Waals surface area contributed by atoms with Crippen LogP contribution in [0.15, 0.2) is 76.9 Å². The summed E-state index contributed by atoms with van der Waals surface area (Å²) in [5, 5.41) is 52.4. The summed E-state index contributed by atoms with van der Waals surface area (Å²) in [7, 11) is 0. The van der Waals surface area contributed by atoms with Crippen molar-refractivity contribution in [3.63, 3.8) is 0 Å². The molecule has 0 spiro atoms. The van der Waals surface area contributed by atoms with Gasteiger partial charge in [-0.15, -0.1) is 0 Å². The monoisotopic (exact) mass is 494 g/mol. The van der Waals surface area contributed by atoms with Crippen LogP contribution in [0, 0.1) is 40.5 Å². The van der Waals surface area contributed by atoms with E-state index in [1.54, 1.807) is 30.3 Å². The van der Waals surface area contributed by atoms with Crippen LogP contribution in [0.4, 0.5) is 34.1 Å². The Morgan fingerprint density at radius 1 is 0.667 bits per heavy atom. The molecule has 36 heavy (non-hydrogen) atoms. The van der Waals surface area contributed by atoms with Crippen LogP contribution < -0.4 is 10.9 Å². The summed E-state index contributed by atoms with van der Waals surface area (Å²) < 4.78 is 0. The molecule has 0 aliphatic carbocycles. The molecule has 2 N–H and O–H groups in total. The summed E-state index contributed by atoms with van der Waals surface area (Å²) in [6, 6.07) is 14.3. The van der Waals surface area contributed by atoms with Gasteiger partial charge in [-0.3, -0.25) is 51.3 Å². The lowest BCUT2D eigenvalue weighted by molar-refractivity contribution is -0.393. The Morgan fingerprint density at radius 2 is 1.17 bits per heavy atom. The van der Waals surface area contributed by atoms with E-state index in [4.69, 9.17) is 0 Å². The van der Waals surface area contributed by atoms with E-state index < -0.39 is 42.4 Å². The molecule has 0 fully saturated rings. The van der Waals surface area contributed by atoms with Crippen LogP contribution in [0.1, 0.15) is 5.56 Å². The molecule has 182 valence electrons. The van der Waals surface area contributed by atoms with E-state index in [-0.39, 0.29) is 17.1 Å². The lowest BCUT2D eigenvalue weighted by Gasteiger charge is -2.06. The molecule has 0 amide bonds. The number of benzene rings is 3. The van der Waals surface area contributed by atoms with E-state index >= 15 is 0 Å². The molecule has 3 aromatic carbocycles. The first-order valence-electron chi connectivity index (χ1n) is 9.71. The van der Waals surface area contributed by atoms with Gasteiger partial charge in [-0.2, -0.15) is 10.2 Å². The van der Waals surface area contributed by atoms with Gasteiger partial charge < -0.3 is 0 Å². The van der Waals surface area contributed by atoms with Gasteiger partial charge >= 0.3 is 11.4 Å². The second kappa shape index (κ2) is 10.9. The maximum Gasteiger partial charge on any atom is 0.301 e. The van der Waals surface area contributed by atoms with Gasteiger partial charge in [0.1, 0.15) is 17.1 Å². The van der Waals surface area contributed by atoms with Crippen LogP contribution in [-0.2, 0) is 0 Å². The maximum absolute atomic E-state index is 11.4. The Morgan fingerprint density at radius 3 is 1.64 bits per heavy atom. The SMILES string of the molecule is O=[N+]([O-])c1ccc(N/N=C(\C=N\Nc2ccc([N+](=O)[O-])cc2[N+](=O)[O-])c2ccccc2)c([N+](=O)[O-])c1. The summed E-state index contributed by atoms with van der Waals surface area (Å²) in [4.78, 5) is 41.3. The van der Waals surface area contributed by atoms with Gasteiger partial charge in [-0.05, 0) is 12.1 Å². The van der Waals surface area contributed by atoms with Crippen molar-refractivity contribution < 1.29 is 19.7 Å². The summed E-state index contributed by atoms with van der Waals surface area (Å²) in [5.41, 5.74) is 3.14. The van der Waals surface area contributed by atoms with Crippen molar-refractivity contribution in [1.82, 2.24) is 0 Å². The molecule has 0 aromatic heterocycles. The molecule has 3 rings (SSSR count). The number of hydrogen-bond acceptors (Lipinski definition) is 12. The molecule has 0 aliphatic rings. The fourth-order valence-corrected chi connectivity index (χ4v) is 2.82. The van der Waals surface area contributed by atoms with Crippen molar-refractivity contribution in [3.05, 3.63) is 113 Å². The molecular weight excluding hydrogens is 480 g/mol. The molecule has 0 saturated carbocycles. The van der Waals surface area contributed by atoms with Crippen LogP contribution in [0.2, 0.25) is 0 Å². The van der Waals surface area contributed by atoms with Gasteiger partial charge in [0, 0.05) is 17.7 Å². The summed E-state index contributed by atoms with van der Waals surface area (Å²) >= 11 is 0. The van der Waals surface area contributed by atoms with Gasteiger partial charge in [0.15, 0.2) is 0 Å². The van der Waals surface area contributed by atoms with Gasteiger partial charge in [-0.25, -0.2) is 0 Å². The third-order valence-electron chi connectivity index (χ3n) is 4.52. The third-order valence-corrected chi connectivity index (χ3v) is 4.52. The average Bonchev–Trinajstić information content (AvgIpc) is 2.86. The van der Waals surface area contributed by atoms with Crippen LogP contribution in [-0.4, -0.2) is 31.6 Å². The van der Waals surface area contributed by atoms with Gasteiger partial charge in [0.05, 0.1) is 38.0 Å². The number of nitro benzene ring substituents is 4. The summed E-state index contributed by atoms with van der Waals surface area (Å²) in [5.74, 6) is 0. The van der Waals surface area contributed by atoms with E-state index in [2.05, 4.69) is 21.1 Å². The minimum absolute atomic E-state index is 0.125. The molecule has 16 heteroatoms. The summed E-state index contributed by atoms with van der Waals surface area (Å²) in [6.07, 6.45) is 1.16. The van der Waals surface area contributed by atoms with Crippen LogP contribution in [0.5, 0.6) is 0 Å². The predicted molar refractivity (Wildman–Crippen MR) is 128 cm³/mol. The third kappa shape index (κ3) is 5.95. The maximum atomic E-state index is 11.4. The zero-order valence-corrected chi connectivity index (χ0v) is 17.9. The van der Waals surface area contributed by atoms with Crippen molar-refractivity contribution in [2.24, 2.45) is 10.2 Å². The van der Waals surface area contributed by atoms with E-state index in [1.165, 1.54) is 0 Å². The number of nitrogens with zero attached hydrogens (tertiary/aromatic N) is 6. The van der Waals surface area contributed by atoms with E-state index in [1.807, 2.05) is 0 Å². The highest BCUT2D eigenvalue weighted by Gasteiger charge is 2.20. The zero-order chi connectivity index (χ0) is 26.2. The Labute approximate surface area is 200 Å². The second-order valence-electron chi connectivity index (χ2n) is 6.78. The average molecular weight is 494 g/mol. The highest BCUT2D eigenvalue weighted by atomic mass is 16.6. The molecule has 0 aliphatic heterocycles. The molecule has 3 aromatic rings. The smallest absolute Gasteiger partial charge is 0.272 e. The van der Waals surface area contributed by atoms with E-state index in [0.717, 1.165) is 42.6 Å². The minimum Gasteiger partial charge on any atom is -0.272 e. The van der Waals surface area contributed by atoms with Crippen molar-refractivity contribution in [2.45, 2.75) is 0 Å². The van der Waals surface area contributed by atoms with Gasteiger partial charge in [0.2, 0.25) is 0 Å². The number of rotatable bonds is 10. The predicted octanol–water partition coefficient (Wildman–Crippen LogP) is 4.23. The quantitative estimate of drug-likeness (QED) is 0.232. The first-order chi connectivity index (χ1) is 17.2.